The Labute approximate surface area is 133 Å². The maximum absolute atomic E-state index is 10.9. The number of nitrogens with zero attached hydrogens (tertiary/aromatic N) is 1. The fourth-order valence-electron chi connectivity index (χ4n) is 2.75. The van der Waals surface area contributed by atoms with E-state index in [4.69, 9.17) is 4.74 Å². The Hall–Kier alpha value is -3.27. The van der Waals surface area contributed by atoms with Crippen LogP contribution in [0.1, 0.15) is 10.4 Å². The molecule has 1 aliphatic heterocycles. The van der Waals surface area contributed by atoms with Crippen LogP contribution in [-0.2, 0) is 0 Å². The summed E-state index contributed by atoms with van der Waals surface area (Å²) in [6, 6.07) is 20.4. The van der Waals surface area contributed by atoms with Crippen molar-refractivity contribution < 1.29 is 14.6 Å². The van der Waals surface area contributed by atoms with E-state index in [9.17, 15) is 9.90 Å². The van der Waals surface area contributed by atoms with E-state index in [2.05, 4.69) is 0 Å². The molecule has 1 aliphatic rings. The van der Waals surface area contributed by atoms with Crippen molar-refractivity contribution in [2.45, 2.75) is 0 Å². The van der Waals surface area contributed by atoms with Gasteiger partial charge in [-0.15, -0.1) is 0 Å². The normalized spacial score (nSPS) is 12.1. The number of phenols is 1. The van der Waals surface area contributed by atoms with Gasteiger partial charge in [-0.1, -0.05) is 24.3 Å². The number of carbonyl (C=O) groups excluding carboxylic acids is 1. The molecule has 0 aliphatic carbocycles. The summed E-state index contributed by atoms with van der Waals surface area (Å²) in [6.45, 7) is 0. The zero-order valence-electron chi connectivity index (χ0n) is 12.1. The van der Waals surface area contributed by atoms with Gasteiger partial charge in [-0.2, -0.15) is 0 Å². The fraction of sp³-hybridized carbons (Fsp3) is 0. The van der Waals surface area contributed by atoms with E-state index in [1.165, 1.54) is 0 Å². The van der Waals surface area contributed by atoms with Crippen molar-refractivity contribution in [3.8, 4) is 17.2 Å². The van der Waals surface area contributed by atoms with Gasteiger partial charge >= 0.3 is 0 Å². The number of rotatable bonds is 2. The van der Waals surface area contributed by atoms with Gasteiger partial charge in [-0.05, 0) is 36.4 Å². The molecular weight excluding hydrogens is 290 g/mol. The van der Waals surface area contributed by atoms with Crippen molar-refractivity contribution in [1.82, 2.24) is 0 Å². The summed E-state index contributed by atoms with van der Waals surface area (Å²) in [5.74, 6) is 1.44. The summed E-state index contributed by atoms with van der Waals surface area (Å²) in [5.41, 5.74) is 2.79. The number of anilines is 3. The maximum Gasteiger partial charge on any atom is 0.153 e. The molecule has 0 aromatic heterocycles. The van der Waals surface area contributed by atoms with Gasteiger partial charge in [-0.3, -0.25) is 4.79 Å². The van der Waals surface area contributed by atoms with E-state index in [0.29, 0.717) is 6.29 Å². The molecule has 4 heteroatoms. The quantitative estimate of drug-likeness (QED) is 0.541. The highest BCUT2D eigenvalue weighted by Gasteiger charge is 2.25. The first-order valence-corrected chi connectivity index (χ1v) is 7.22. The third kappa shape index (κ3) is 2.12. The number of hydrogen-bond acceptors (Lipinski definition) is 4. The van der Waals surface area contributed by atoms with Gasteiger partial charge < -0.3 is 14.7 Å². The van der Waals surface area contributed by atoms with Crippen LogP contribution in [0.2, 0.25) is 0 Å². The molecule has 0 spiro atoms. The molecule has 0 radical (unpaired) electrons. The average Bonchev–Trinajstić information content (AvgIpc) is 2.59. The molecule has 0 amide bonds. The van der Waals surface area contributed by atoms with Crippen molar-refractivity contribution in [3.63, 3.8) is 0 Å². The Morgan fingerprint density at radius 2 is 1.48 bits per heavy atom. The second-order valence-electron chi connectivity index (χ2n) is 5.23. The summed E-state index contributed by atoms with van der Waals surface area (Å²) in [6.07, 6.45) is 0.639. The second-order valence-corrected chi connectivity index (χ2v) is 5.23. The Balaban J connectivity index is 1.94. The fourth-order valence-corrected chi connectivity index (χ4v) is 2.75. The molecule has 3 aromatic rings. The van der Waals surface area contributed by atoms with Crippen LogP contribution < -0.4 is 9.64 Å². The predicted molar refractivity (Wildman–Crippen MR) is 88.3 cm³/mol. The first-order chi connectivity index (χ1) is 11.3. The number of hydrogen-bond donors (Lipinski definition) is 1. The van der Waals surface area contributed by atoms with E-state index in [1.807, 2.05) is 59.5 Å². The molecule has 1 heterocycles. The predicted octanol–water partition coefficient (Wildman–Crippen LogP) is 4.78. The molecule has 0 saturated heterocycles. The number of para-hydroxylation sites is 4. The minimum atomic E-state index is -0.0426. The number of fused-ring (bicyclic) bond motifs is 2. The Kier molecular flexibility index (Phi) is 3.01. The lowest BCUT2D eigenvalue weighted by atomic mass is 10.1. The van der Waals surface area contributed by atoms with Crippen LogP contribution in [0.15, 0.2) is 66.7 Å². The van der Waals surface area contributed by atoms with Gasteiger partial charge in [0.15, 0.2) is 17.8 Å². The van der Waals surface area contributed by atoms with E-state index < -0.39 is 0 Å². The minimum Gasteiger partial charge on any atom is -0.507 e. The lowest BCUT2D eigenvalue weighted by molar-refractivity contribution is 0.112. The summed E-state index contributed by atoms with van der Waals surface area (Å²) in [4.78, 5) is 12.9. The lowest BCUT2D eigenvalue weighted by Gasteiger charge is -2.32. The number of aldehydes is 1. The van der Waals surface area contributed by atoms with Crippen molar-refractivity contribution in [1.29, 1.82) is 0 Å². The molecule has 4 rings (SSSR count). The van der Waals surface area contributed by atoms with E-state index in [1.54, 1.807) is 12.1 Å². The Bertz CT molecular complexity index is 859. The molecule has 0 bridgehead atoms. The van der Waals surface area contributed by atoms with Crippen molar-refractivity contribution in [2.75, 3.05) is 4.90 Å². The zero-order valence-corrected chi connectivity index (χ0v) is 12.1. The van der Waals surface area contributed by atoms with Crippen LogP contribution in [0.4, 0.5) is 17.1 Å². The third-order valence-electron chi connectivity index (χ3n) is 3.83. The van der Waals surface area contributed by atoms with Gasteiger partial charge in [-0.25, -0.2) is 0 Å². The molecule has 0 fully saturated rings. The number of ether oxygens (including phenoxy) is 1. The topological polar surface area (TPSA) is 49.8 Å². The van der Waals surface area contributed by atoms with Gasteiger partial charge in [0.2, 0.25) is 0 Å². The molecule has 0 saturated carbocycles. The van der Waals surface area contributed by atoms with Crippen LogP contribution in [0, 0.1) is 0 Å². The van der Waals surface area contributed by atoms with Gasteiger partial charge in [0.1, 0.15) is 5.75 Å². The number of phenolic OH excluding ortho intramolecular Hbond substituents is 1. The molecule has 0 atom stereocenters. The van der Waals surface area contributed by atoms with Crippen molar-refractivity contribution in [2.24, 2.45) is 0 Å². The first-order valence-electron chi connectivity index (χ1n) is 7.22. The molecule has 0 unspecified atom stereocenters. The minimum absolute atomic E-state index is 0.0426. The number of benzene rings is 3. The summed E-state index contributed by atoms with van der Waals surface area (Å²) in [5, 5.41) is 10.0. The van der Waals surface area contributed by atoms with Gasteiger partial charge in [0.05, 0.1) is 22.6 Å². The zero-order chi connectivity index (χ0) is 15.8. The highest BCUT2D eigenvalue weighted by Crippen LogP contribution is 2.50. The molecule has 4 nitrogen and oxygen atoms in total. The van der Waals surface area contributed by atoms with Gasteiger partial charge in [0.25, 0.3) is 0 Å². The standard InChI is InChI=1S/C19H13NO3/c21-12-13-9-10-14(11-17(13)22)20-15-5-1-3-7-18(15)23-19-8-4-2-6-16(19)20/h1-12,22H. The van der Waals surface area contributed by atoms with Crippen molar-refractivity contribution >= 4 is 23.3 Å². The number of carbonyl (C=O) groups is 1. The van der Waals surface area contributed by atoms with Crippen molar-refractivity contribution in [3.05, 3.63) is 72.3 Å². The monoisotopic (exact) mass is 303 g/mol. The van der Waals surface area contributed by atoms with E-state index in [0.717, 1.165) is 28.6 Å². The smallest absolute Gasteiger partial charge is 0.153 e. The molecule has 1 N–H and O–H groups in total. The van der Waals surface area contributed by atoms with Crippen LogP contribution >= 0.6 is 0 Å². The van der Waals surface area contributed by atoms with Crippen LogP contribution in [0.5, 0.6) is 17.2 Å². The maximum atomic E-state index is 10.9. The molecular formula is C19H13NO3. The first kappa shape index (κ1) is 13.4. The third-order valence-corrected chi connectivity index (χ3v) is 3.83. The van der Waals surface area contributed by atoms with E-state index in [-0.39, 0.29) is 11.3 Å². The number of aromatic hydroxyl groups is 1. The highest BCUT2D eigenvalue weighted by molar-refractivity contribution is 5.88. The Morgan fingerprint density at radius 3 is 2.04 bits per heavy atom. The Morgan fingerprint density at radius 1 is 0.870 bits per heavy atom. The van der Waals surface area contributed by atoms with Gasteiger partial charge in [0, 0.05) is 6.07 Å². The van der Waals surface area contributed by atoms with Crippen LogP contribution in [0.3, 0.4) is 0 Å². The lowest BCUT2D eigenvalue weighted by Crippen LogP contribution is -2.15. The molecule has 3 aromatic carbocycles. The summed E-state index contributed by atoms with van der Waals surface area (Å²) < 4.78 is 5.94. The summed E-state index contributed by atoms with van der Waals surface area (Å²) >= 11 is 0. The van der Waals surface area contributed by atoms with Crippen LogP contribution in [0.25, 0.3) is 0 Å². The second kappa shape index (κ2) is 5.18. The largest absolute Gasteiger partial charge is 0.507 e. The average molecular weight is 303 g/mol. The summed E-state index contributed by atoms with van der Waals surface area (Å²) in [7, 11) is 0. The van der Waals surface area contributed by atoms with Crippen LogP contribution in [-0.4, -0.2) is 11.4 Å². The molecule has 112 valence electrons. The molecule has 23 heavy (non-hydrogen) atoms. The van der Waals surface area contributed by atoms with E-state index >= 15 is 0 Å². The highest BCUT2D eigenvalue weighted by atomic mass is 16.5. The SMILES string of the molecule is O=Cc1ccc(N2c3ccccc3Oc3ccccc32)cc1O.